The first-order valence-corrected chi connectivity index (χ1v) is 4.80. The SMILES string of the molecule is COC(=O)/C=C/C1OCCCCC1O. The van der Waals surface area contributed by atoms with E-state index in [4.69, 9.17) is 4.74 Å². The molecule has 0 aliphatic carbocycles. The number of aliphatic hydroxyl groups excluding tert-OH is 1. The second-order valence-electron chi connectivity index (χ2n) is 3.28. The minimum atomic E-state index is -0.515. The Morgan fingerprint density at radius 2 is 2.36 bits per heavy atom. The Hall–Kier alpha value is -0.870. The second kappa shape index (κ2) is 5.78. The molecule has 0 aromatic rings. The molecule has 80 valence electrons. The van der Waals surface area contributed by atoms with Gasteiger partial charge in [0.1, 0.15) is 6.10 Å². The summed E-state index contributed by atoms with van der Waals surface area (Å²) in [7, 11) is 1.32. The van der Waals surface area contributed by atoms with Crippen molar-refractivity contribution in [3.05, 3.63) is 12.2 Å². The van der Waals surface area contributed by atoms with Gasteiger partial charge in [-0.05, 0) is 25.3 Å². The minimum absolute atomic E-state index is 0.378. The summed E-state index contributed by atoms with van der Waals surface area (Å²) in [6, 6.07) is 0. The predicted molar refractivity (Wildman–Crippen MR) is 50.8 cm³/mol. The number of hydrogen-bond acceptors (Lipinski definition) is 4. The van der Waals surface area contributed by atoms with Gasteiger partial charge in [0.15, 0.2) is 0 Å². The van der Waals surface area contributed by atoms with Gasteiger partial charge in [0.05, 0.1) is 13.2 Å². The first-order chi connectivity index (χ1) is 6.74. The van der Waals surface area contributed by atoms with E-state index in [2.05, 4.69) is 4.74 Å². The summed E-state index contributed by atoms with van der Waals surface area (Å²) in [5, 5.41) is 9.61. The number of carbonyl (C=O) groups is 1. The van der Waals surface area contributed by atoms with Crippen LogP contribution in [0.2, 0.25) is 0 Å². The van der Waals surface area contributed by atoms with E-state index >= 15 is 0 Å². The maximum atomic E-state index is 10.8. The first-order valence-electron chi connectivity index (χ1n) is 4.80. The van der Waals surface area contributed by atoms with Crippen LogP contribution in [0.15, 0.2) is 12.2 Å². The zero-order valence-corrected chi connectivity index (χ0v) is 8.31. The van der Waals surface area contributed by atoms with Crippen LogP contribution in [0.4, 0.5) is 0 Å². The van der Waals surface area contributed by atoms with E-state index in [0.29, 0.717) is 6.61 Å². The summed E-state index contributed by atoms with van der Waals surface area (Å²) in [6.45, 7) is 0.632. The number of hydrogen-bond donors (Lipinski definition) is 1. The molecule has 2 atom stereocenters. The molecule has 1 fully saturated rings. The van der Waals surface area contributed by atoms with Gasteiger partial charge in [0.25, 0.3) is 0 Å². The Kier molecular flexibility index (Phi) is 4.62. The van der Waals surface area contributed by atoms with Crippen LogP contribution < -0.4 is 0 Å². The lowest BCUT2D eigenvalue weighted by Gasteiger charge is -2.15. The third-order valence-electron chi connectivity index (χ3n) is 2.21. The fraction of sp³-hybridized carbons (Fsp3) is 0.700. The number of aliphatic hydroxyl groups is 1. The van der Waals surface area contributed by atoms with E-state index in [1.807, 2.05) is 0 Å². The molecule has 0 amide bonds. The van der Waals surface area contributed by atoms with Gasteiger partial charge in [0.2, 0.25) is 0 Å². The van der Waals surface area contributed by atoms with Crippen LogP contribution in [0.25, 0.3) is 0 Å². The van der Waals surface area contributed by atoms with Crippen molar-refractivity contribution in [2.45, 2.75) is 31.5 Å². The molecule has 1 aliphatic heterocycles. The lowest BCUT2D eigenvalue weighted by Crippen LogP contribution is -2.25. The smallest absolute Gasteiger partial charge is 0.330 e. The van der Waals surface area contributed by atoms with Crippen molar-refractivity contribution in [1.82, 2.24) is 0 Å². The van der Waals surface area contributed by atoms with Crippen molar-refractivity contribution in [2.75, 3.05) is 13.7 Å². The summed E-state index contributed by atoms with van der Waals surface area (Å²) < 4.78 is 9.81. The Labute approximate surface area is 83.5 Å². The summed E-state index contributed by atoms with van der Waals surface area (Å²) in [6.07, 6.45) is 4.59. The van der Waals surface area contributed by atoms with Gasteiger partial charge in [-0.3, -0.25) is 0 Å². The zero-order chi connectivity index (χ0) is 10.4. The number of rotatable bonds is 2. The van der Waals surface area contributed by atoms with Gasteiger partial charge in [-0.25, -0.2) is 4.79 Å². The van der Waals surface area contributed by atoms with Crippen LogP contribution >= 0.6 is 0 Å². The molecule has 0 aromatic carbocycles. The molecule has 4 heteroatoms. The Morgan fingerprint density at radius 1 is 1.57 bits per heavy atom. The Morgan fingerprint density at radius 3 is 3.07 bits per heavy atom. The molecule has 0 bridgehead atoms. The number of methoxy groups -OCH3 is 1. The van der Waals surface area contributed by atoms with Crippen LogP contribution in [0.5, 0.6) is 0 Å². The fourth-order valence-corrected chi connectivity index (χ4v) is 1.38. The topological polar surface area (TPSA) is 55.8 Å². The molecule has 2 unspecified atom stereocenters. The van der Waals surface area contributed by atoms with E-state index in [0.717, 1.165) is 19.3 Å². The highest BCUT2D eigenvalue weighted by atomic mass is 16.5. The number of ether oxygens (including phenoxy) is 2. The van der Waals surface area contributed by atoms with Gasteiger partial charge in [0, 0.05) is 12.7 Å². The van der Waals surface area contributed by atoms with E-state index < -0.39 is 12.1 Å². The maximum absolute atomic E-state index is 10.8. The first kappa shape index (κ1) is 11.2. The maximum Gasteiger partial charge on any atom is 0.330 e. The summed E-state index contributed by atoms with van der Waals surface area (Å²) in [5.74, 6) is -0.426. The van der Waals surface area contributed by atoms with Crippen molar-refractivity contribution in [3.8, 4) is 0 Å². The standard InChI is InChI=1S/C10H16O4/c1-13-10(12)6-5-9-8(11)4-2-3-7-14-9/h5-6,8-9,11H,2-4,7H2,1H3/b6-5+. The highest BCUT2D eigenvalue weighted by Crippen LogP contribution is 2.14. The van der Waals surface area contributed by atoms with Crippen molar-refractivity contribution >= 4 is 5.97 Å². The quantitative estimate of drug-likeness (QED) is 0.525. The van der Waals surface area contributed by atoms with Gasteiger partial charge < -0.3 is 14.6 Å². The van der Waals surface area contributed by atoms with E-state index in [1.165, 1.54) is 13.2 Å². The van der Waals surface area contributed by atoms with Crippen molar-refractivity contribution in [2.24, 2.45) is 0 Å². The van der Waals surface area contributed by atoms with Gasteiger partial charge in [-0.15, -0.1) is 0 Å². The predicted octanol–water partition coefficient (Wildman–Crippen LogP) is 0.646. The van der Waals surface area contributed by atoms with E-state index in [1.54, 1.807) is 6.08 Å². The second-order valence-corrected chi connectivity index (χ2v) is 3.28. The fourth-order valence-electron chi connectivity index (χ4n) is 1.38. The molecule has 4 nitrogen and oxygen atoms in total. The van der Waals surface area contributed by atoms with Crippen LogP contribution in [-0.2, 0) is 14.3 Å². The lowest BCUT2D eigenvalue weighted by atomic mass is 10.1. The highest BCUT2D eigenvalue weighted by Gasteiger charge is 2.19. The summed E-state index contributed by atoms with van der Waals surface area (Å²) >= 11 is 0. The summed E-state index contributed by atoms with van der Waals surface area (Å²) in [4.78, 5) is 10.8. The van der Waals surface area contributed by atoms with E-state index in [9.17, 15) is 9.90 Å². The molecule has 0 spiro atoms. The van der Waals surface area contributed by atoms with Crippen molar-refractivity contribution < 1.29 is 19.4 Å². The number of carbonyl (C=O) groups excluding carboxylic acids is 1. The van der Waals surface area contributed by atoms with Gasteiger partial charge >= 0.3 is 5.97 Å². The van der Waals surface area contributed by atoms with Crippen LogP contribution in [0.1, 0.15) is 19.3 Å². The van der Waals surface area contributed by atoms with Crippen molar-refractivity contribution in [1.29, 1.82) is 0 Å². The molecule has 1 heterocycles. The normalized spacial score (nSPS) is 28.7. The molecule has 1 rings (SSSR count). The average molecular weight is 200 g/mol. The number of esters is 1. The minimum Gasteiger partial charge on any atom is -0.466 e. The molecule has 0 radical (unpaired) electrons. The molecule has 14 heavy (non-hydrogen) atoms. The molecule has 1 saturated heterocycles. The molecule has 0 aromatic heterocycles. The third-order valence-corrected chi connectivity index (χ3v) is 2.21. The summed E-state index contributed by atoms with van der Waals surface area (Å²) in [5.41, 5.74) is 0. The van der Waals surface area contributed by atoms with E-state index in [-0.39, 0.29) is 6.10 Å². The van der Waals surface area contributed by atoms with Crippen LogP contribution in [0, 0.1) is 0 Å². The Balaban J connectivity index is 2.47. The van der Waals surface area contributed by atoms with Gasteiger partial charge in [-0.2, -0.15) is 0 Å². The third kappa shape index (κ3) is 3.47. The molecule has 1 N–H and O–H groups in total. The average Bonchev–Trinajstić information content (AvgIpc) is 2.39. The zero-order valence-electron chi connectivity index (χ0n) is 8.31. The molecule has 0 saturated carbocycles. The largest absolute Gasteiger partial charge is 0.466 e. The lowest BCUT2D eigenvalue weighted by molar-refractivity contribution is -0.134. The van der Waals surface area contributed by atoms with Crippen molar-refractivity contribution in [3.63, 3.8) is 0 Å². The monoisotopic (exact) mass is 200 g/mol. The van der Waals surface area contributed by atoms with Gasteiger partial charge in [-0.1, -0.05) is 0 Å². The van der Waals surface area contributed by atoms with Crippen LogP contribution in [0.3, 0.4) is 0 Å². The molecular formula is C10H16O4. The molecule has 1 aliphatic rings. The van der Waals surface area contributed by atoms with Crippen LogP contribution in [-0.4, -0.2) is 37.0 Å². The molecular weight excluding hydrogens is 184 g/mol. The highest BCUT2D eigenvalue weighted by molar-refractivity contribution is 5.81. The Bertz CT molecular complexity index is 212.